The van der Waals surface area contributed by atoms with Crippen LogP contribution in [0.25, 0.3) is 0 Å². The fraction of sp³-hybridized carbons (Fsp3) is 0.500. The predicted octanol–water partition coefficient (Wildman–Crippen LogP) is 1.33. The smallest absolute Gasteiger partial charge is 0.340 e. The van der Waals surface area contributed by atoms with Crippen molar-refractivity contribution in [1.82, 2.24) is 9.80 Å². The number of carbonyl (C=O) groups is 1. The van der Waals surface area contributed by atoms with Crippen LogP contribution in [0.1, 0.15) is 10.4 Å². The number of hydrogen-bond acceptors (Lipinski definition) is 5. The average Bonchev–Trinajstić information content (AvgIpc) is 2.41. The van der Waals surface area contributed by atoms with Crippen molar-refractivity contribution in [3.63, 3.8) is 0 Å². The van der Waals surface area contributed by atoms with Gasteiger partial charge in [0.25, 0.3) is 0 Å². The number of esters is 1. The number of ether oxygens (including phenoxy) is 1. The Bertz CT molecular complexity index is 473. The maximum Gasteiger partial charge on any atom is 0.340 e. The topological polar surface area (TPSA) is 58.8 Å². The molecule has 2 N–H and O–H groups in total. The second kappa shape index (κ2) is 6.92. The first-order valence-electron chi connectivity index (χ1n) is 6.69. The molecule has 1 aliphatic rings. The van der Waals surface area contributed by atoms with Crippen LogP contribution < -0.4 is 5.73 Å². The Morgan fingerprint density at radius 3 is 2.70 bits per heavy atom. The molecule has 1 heterocycles. The Hall–Kier alpha value is -1.30. The average molecular weight is 298 g/mol. The van der Waals surface area contributed by atoms with Gasteiger partial charge in [-0.05, 0) is 25.2 Å². The number of anilines is 1. The molecule has 0 radical (unpaired) electrons. The molecule has 0 saturated carbocycles. The van der Waals surface area contributed by atoms with Crippen LogP contribution in [-0.4, -0.2) is 62.1 Å². The van der Waals surface area contributed by atoms with E-state index in [0.717, 1.165) is 32.7 Å². The van der Waals surface area contributed by atoms with Gasteiger partial charge in [0.05, 0.1) is 5.56 Å². The molecule has 1 fully saturated rings. The molecular formula is C14H20ClN3O2. The van der Waals surface area contributed by atoms with Gasteiger partial charge in [-0.15, -0.1) is 0 Å². The molecule has 0 atom stereocenters. The molecule has 1 saturated heterocycles. The summed E-state index contributed by atoms with van der Waals surface area (Å²) in [6.45, 7) is 5.27. The fourth-order valence-electron chi connectivity index (χ4n) is 2.14. The minimum absolute atomic E-state index is 0.349. The molecule has 2 rings (SSSR count). The van der Waals surface area contributed by atoms with E-state index >= 15 is 0 Å². The molecular weight excluding hydrogens is 278 g/mol. The van der Waals surface area contributed by atoms with Crippen molar-refractivity contribution in [3.8, 4) is 0 Å². The highest BCUT2D eigenvalue weighted by Gasteiger charge is 2.15. The molecule has 0 spiro atoms. The number of rotatable bonds is 4. The molecule has 0 aromatic heterocycles. The number of benzene rings is 1. The highest BCUT2D eigenvalue weighted by atomic mass is 35.5. The van der Waals surface area contributed by atoms with Gasteiger partial charge in [0.2, 0.25) is 0 Å². The summed E-state index contributed by atoms with van der Waals surface area (Å²) in [5.74, 6) is -0.395. The number of hydrogen-bond donors (Lipinski definition) is 1. The van der Waals surface area contributed by atoms with Crippen LogP contribution in [0, 0.1) is 0 Å². The zero-order valence-corrected chi connectivity index (χ0v) is 12.4. The number of nitrogen functional groups attached to an aromatic ring is 1. The lowest BCUT2D eigenvalue weighted by molar-refractivity contribution is 0.0433. The molecule has 110 valence electrons. The fourth-order valence-corrected chi connectivity index (χ4v) is 2.32. The Balaban J connectivity index is 1.77. The van der Waals surface area contributed by atoms with Crippen LogP contribution in [0.3, 0.4) is 0 Å². The summed E-state index contributed by atoms with van der Waals surface area (Å²) in [6.07, 6.45) is 0. The van der Waals surface area contributed by atoms with Crippen LogP contribution in [0.15, 0.2) is 18.2 Å². The molecule has 0 amide bonds. The molecule has 0 unspecified atom stereocenters. The van der Waals surface area contributed by atoms with E-state index in [9.17, 15) is 4.79 Å². The van der Waals surface area contributed by atoms with Gasteiger partial charge in [0.1, 0.15) is 6.61 Å². The highest BCUT2D eigenvalue weighted by molar-refractivity contribution is 6.31. The van der Waals surface area contributed by atoms with Gasteiger partial charge in [-0.25, -0.2) is 4.79 Å². The SMILES string of the molecule is CN1CCN(CCOC(=O)c2ccc(Cl)cc2N)CC1. The summed E-state index contributed by atoms with van der Waals surface area (Å²) in [4.78, 5) is 16.5. The third kappa shape index (κ3) is 4.10. The lowest BCUT2D eigenvalue weighted by Gasteiger charge is -2.32. The van der Waals surface area contributed by atoms with Crippen molar-refractivity contribution in [2.45, 2.75) is 0 Å². The number of carbonyl (C=O) groups excluding carboxylic acids is 1. The molecule has 0 bridgehead atoms. The second-order valence-electron chi connectivity index (χ2n) is 5.01. The van der Waals surface area contributed by atoms with Gasteiger partial charge in [-0.3, -0.25) is 4.90 Å². The largest absolute Gasteiger partial charge is 0.461 e. The minimum Gasteiger partial charge on any atom is -0.461 e. The van der Waals surface area contributed by atoms with Crippen LogP contribution in [0.2, 0.25) is 5.02 Å². The van der Waals surface area contributed by atoms with Gasteiger partial charge in [-0.2, -0.15) is 0 Å². The molecule has 1 aliphatic heterocycles. The van der Waals surface area contributed by atoms with Crippen molar-refractivity contribution in [2.75, 3.05) is 52.1 Å². The van der Waals surface area contributed by atoms with Crippen molar-refractivity contribution < 1.29 is 9.53 Å². The van der Waals surface area contributed by atoms with Crippen LogP contribution in [-0.2, 0) is 4.74 Å². The lowest BCUT2D eigenvalue weighted by Crippen LogP contribution is -2.45. The lowest BCUT2D eigenvalue weighted by atomic mass is 10.2. The Morgan fingerprint density at radius 2 is 2.05 bits per heavy atom. The van der Waals surface area contributed by atoms with E-state index in [2.05, 4.69) is 16.8 Å². The first-order valence-corrected chi connectivity index (χ1v) is 7.07. The Kier molecular flexibility index (Phi) is 5.23. The maximum atomic E-state index is 11.9. The summed E-state index contributed by atoms with van der Waals surface area (Å²) in [5.41, 5.74) is 6.47. The van der Waals surface area contributed by atoms with E-state index < -0.39 is 5.97 Å². The minimum atomic E-state index is -0.395. The normalized spacial score (nSPS) is 17.1. The van der Waals surface area contributed by atoms with Crippen molar-refractivity contribution in [3.05, 3.63) is 28.8 Å². The summed E-state index contributed by atoms with van der Waals surface area (Å²) >= 11 is 5.80. The van der Waals surface area contributed by atoms with Gasteiger partial charge in [0.15, 0.2) is 0 Å². The number of halogens is 1. The van der Waals surface area contributed by atoms with Crippen LogP contribution >= 0.6 is 11.6 Å². The first-order chi connectivity index (χ1) is 9.56. The van der Waals surface area contributed by atoms with Gasteiger partial charge in [0, 0.05) is 43.4 Å². The predicted molar refractivity (Wildman–Crippen MR) is 80.1 cm³/mol. The van der Waals surface area contributed by atoms with Crippen molar-refractivity contribution in [2.24, 2.45) is 0 Å². The molecule has 5 nitrogen and oxygen atoms in total. The van der Waals surface area contributed by atoms with E-state index in [4.69, 9.17) is 22.1 Å². The molecule has 1 aromatic carbocycles. The van der Waals surface area contributed by atoms with Gasteiger partial charge >= 0.3 is 5.97 Å². The quantitative estimate of drug-likeness (QED) is 0.671. The van der Waals surface area contributed by atoms with Crippen molar-refractivity contribution >= 4 is 23.3 Å². The molecule has 20 heavy (non-hydrogen) atoms. The standard InChI is InChI=1S/C14H20ClN3O2/c1-17-4-6-18(7-5-17)8-9-20-14(19)12-3-2-11(15)10-13(12)16/h2-3,10H,4-9,16H2,1H3. The van der Waals surface area contributed by atoms with E-state index in [1.165, 1.54) is 0 Å². The third-order valence-electron chi connectivity index (χ3n) is 3.47. The molecule has 0 aliphatic carbocycles. The Labute approximate surface area is 124 Å². The highest BCUT2D eigenvalue weighted by Crippen LogP contribution is 2.18. The molecule has 6 heteroatoms. The Morgan fingerprint density at radius 1 is 1.35 bits per heavy atom. The van der Waals surface area contributed by atoms with E-state index in [0.29, 0.717) is 22.9 Å². The van der Waals surface area contributed by atoms with Crippen LogP contribution in [0.4, 0.5) is 5.69 Å². The number of nitrogens with zero attached hydrogens (tertiary/aromatic N) is 2. The summed E-state index contributed by atoms with van der Waals surface area (Å²) < 4.78 is 5.26. The summed E-state index contributed by atoms with van der Waals surface area (Å²) in [6, 6.07) is 4.78. The first kappa shape index (κ1) is 15.1. The van der Waals surface area contributed by atoms with E-state index in [-0.39, 0.29) is 0 Å². The third-order valence-corrected chi connectivity index (χ3v) is 3.71. The number of nitrogens with two attached hydrogens (primary N) is 1. The zero-order chi connectivity index (χ0) is 14.5. The number of piperazine rings is 1. The maximum absolute atomic E-state index is 11.9. The second-order valence-corrected chi connectivity index (χ2v) is 5.45. The van der Waals surface area contributed by atoms with Crippen molar-refractivity contribution in [1.29, 1.82) is 0 Å². The summed E-state index contributed by atoms with van der Waals surface area (Å²) in [7, 11) is 2.11. The monoisotopic (exact) mass is 297 g/mol. The van der Waals surface area contributed by atoms with Gasteiger partial charge in [-0.1, -0.05) is 11.6 Å². The van der Waals surface area contributed by atoms with E-state index in [1.54, 1.807) is 18.2 Å². The molecule has 1 aromatic rings. The zero-order valence-electron chi connectivity index (χ0n) is 11.6. The van der Waals surface area contributed by atoms with Crippen LogP contribution in [0.5, 0.6) is 0 Å². The van der Waals surface area contributed by atoms with Gasteiger partial charge < -0.3 is 15.4 Å². The number of likely N-dealkylation sites (N-methyl/N-ethyl adjacent to an activating group) is 1. The van der Waals surface area contributed by atoms with E-state index in [1.807, 2.05) is 0 Å². The summed E-state index contributed by atoms with van der Waals surface area (Å²) in [5, 5.41) is 0.511.